The van der Waals surface area contributed by atoms with Crippen LogP contribution in [0.2, 0.25) is 0 Å². The van der Waals surface area contributed by atoms with Crippen molar-refractivity contribution in [3.8, 4) is 11.6 Å². The number of rotatable bonds is 14. The van der Waals surface area contributed by atoms with E-state index in [0.29, 0.717) is 30.8 Å². The molecule has 1 aliphatic rings. The van der Waals surface area contributed by atoms with Crippen molar-refractivity contribution in [1.82, 2.24) is 10.2 Å². The molecule has 3 rings (SSSR count). The Morgan fingerprint density at radius 2 is 1.52 bits per heavy atom. The lowest BCUT2D eigenvalue weighted by atomic mass is 9.97. The number of nitrogens with one attached hydrogen (secondary N) is 1. The fraction of sp³-hybridized carbons (Fsp3) is 0.567. The van der Waals surface area contributed by atoms with Gasteiger partial charge in [0.1, 0.15) is 18.5 Å². The Balaban J connectivity index is 1.98. The summed E-state index contributed by atoms with van der Waals surface area (Å²) in [5.74, 6) is -2.03. The minimum atomic E-state index is -1.42. The number of aromatic nitrogens is 2. The molecule has 242 valence electrons. The highest BCUT2D eigenvalue weighted by Gasteiger charge is 2.53. The molecule has 0 bridgehead atoms. The lowest BCUT2D eigenvalue weighted by Gasteiger charge is -2.43. The number of nitrogens with zero attached hydrogens (tertiary/aromatic N) is 1. The third-order valence-electron chi connectivity index (χ3n) is 6.49. The van der Waals surface area contributed by atoms with Gasteiger partial charge in [-0.15, -0.1) is 5.10 Å². The van der Waals surface area contributed by atoms with E-state index in [0.717, 1.165) is 32.0 Å². The van der Waals surface area contributed by atoms with Gasteiger partial charge in [0.2, 0.25) is 18.3 Å². The predicted molar refractivity (Wildman–Crippen MR) is 152 cm³/mol. The van der Waals surface area contributed by atoms with E-state index in [1.54, 1.807) is 0 Å². The number of benzene rings is 1. The molecule has 1 aromatic heterocycles. The Hall–Kier alpha value is -4.17. The first-order chi connectivity index (χ1) is 20.9. The van der Waals surface area contributed by atoms with Crippen LogP contribution in [0.25, 0.3) is 0 Å². The summed E-state index contributed by atoms with van der Waals surface area (Å²) in [6.45, 7) is 8.65. The minimum absolute atomic E-state index is 0.0198. The first-order valence-electron chi connectivity index (χ1n) is 14.3. The van der Waals surface area contributed by atoms with Crippen LogP contribution in [0.5, 0.6) is 11.6 Å². The van der Waals surface area contributed by atoms with E-state index in [-0.39, 0.29) is 25.0 Å². The second-order valence-corrected chi connectivity index (χ2v) is 10.5. The molecule has 1 fully saturated rings. The molecule has 5 atom stereocenters. The number of ether oxygens (including phenoxy) is 7. The van der Waals surface area contributed by atoms with Crippen molar-refractivity contribution in [2.24, 2.45) is 0 Å². The SMILES string of the molecule is CC(=O)OC[C@H]1O[C@@H](Oc2n[nH]c(C(C)C)c2Cc2ccc(OCCCO)cc2)[C@H](OC(C)=O)[C@@H](OC(C)=O)[C@@H]1OC(C)=O. The average Bonchev–Trinajstić information content (AvgIpc) is 3.33. The second kappa shape index (κ2) is 16.1. The summed E-state index contributed by atoms with van der Waals surface area (Å²) in [6, 6.07) is 7.43. The second-order valence-electron chi connectivity index (χ2n) is 10.5. The van der Waals surface area contributed by atoms with Crippen molar-refractivity contribution in [1.29, 1.82) is 0 Å². The van der Waals surface area contributed by atoms with Gasteiger partial charge in [-0.05, 0) is 23.6 Å². The highest BCUT2D eigenvalue weighted by molar-refractivity contribution is 5.68. The Labute approximate surface area is 255 Å². The zero-order chi connectivity index (χ0) is 32.4. The molecule has 44 heavy (non-hydrogen) atoms. The van der Waals surface area contributed by atoms with E-state index >= 15 is 0 Å². The summed E-state index contributed by atoms with van der Waals surface area (Å²) in [7, 11) is 0. The number of carbonyl (C=O) groups is 4. The molecular weight excluding hydrogens is 580 g/mol. The van der Waals surface area contributed by atoms with Crippen LogP contribution in [-0.2, 0) is 49.3 Å². The molecular formula is C30H40N2O12. The number of aromatic amines is 1. The fourth-order valence-corrected chi connectivity index (χ4v) is 4.66. The quantitative estimate of drug-likeness (QED) is 0.179. The van der Waals surface area contributed by atoms with Gasteiger partial charge in [-0.1, -0.05) is 26.0 Å². The molecule has 14 nitrogen and oxygen atoms in total. The molecule has 0 unspecified atom stereocenters. The zero-order valence-electron chi connectivity index (χ0n) is 25.7. The number of aliphatic hydroxyl groups is 1. The van der Waals surface area contributed by atoms with Gasteiger partial charge in [0.15, 0.2) is 12.2 Å². The van der Waals surface area contributed by atoms with Crippen LogP contribution in [0.4, 0.5) is 0 Å². The van der Waals surface area contributed by atoms with Gasteiger partial charge in [-0.2, -0.15) is 0 Å². The van der Waals surface area contributed by atoms with Crippen molar-refractivity contribution in [2.45, 2.75) is 91.0 Å². The standard InChI is InChI=1S/C30H40N2O12/c1-16(2)25-23(14-21-8-10-22(11-9-21)38-13-7-12-33)29(32-31-25)44-30-28(42-20(6)37)27(41-19(5)36)26(40-18(4)35)24(43-30)15-39-17(3)34/h8-11,16,24,26-28,30,33H,7,12-15H2,1-6H3,(H,31,32)/t24-,26-,27+,28-,30+/m1/s1. The molecule has 1 aromatic carbocycles. The highest BCUT2D eigenvalue weighted by Crippen LogP contribution is 2.34. The summed E-state index contributed by atoms with van der Waals surface area (Å²) in [4.78, 5) is 47.9. The van der Waals surface area contributed by atoms with Gasteiger partial charge in [-0.25, -0.2) is 0 Å². The molecule has 0 spiro atoms. The number of esters is 4. The molecule has 0 amide bonds. The number of H-pyrrole nitrogens is 1. The Morgan fingerprint density at radius 1 is 0.909 bits per heavy atom. The molecule has 0 saturated carbocycles. The van der Waals surface area contributed by atoms with E-state index in [4.69, 9.17) is 38.3 Å². The van der Waals surface area contributed by atoms with Crippen LogP contribution in [0.3, 0.4) is 0 Å². The van der Waals surface area contributed by atoms with E-state index in [1.807, 2.05) is 38.1 Å². The number of aliphatic hydroxyl groups excluding tert-OH is 1. The van der Waals surface area contributed by atoms with Gasteiger partial charge >= 0.3 is 23.9 Å². The summed E-state index contributed by atoms with van der Waals surface area (Å²) in [5.41, 5.74) is 2.39. The molecule has 2 aromatic rings. The summed E-state index contributed by atoms with van der Waals surface area (Å²) < 4.78 is 39.5. The van der Waals surface area contributed by atoms with Gasteiger partial charge in [0.05, 0.1) is 6.61 Å². The maximum Gasteiger partial charge on any atom is 0.303 e. The third kappa shape index (κ3) is 9.67. The molecule has 2 heterocycles. The van der Waals surface area contributed by atoms with Crippen LogP contribution in [0.1, 0.15) is 70.7 Å². The normalized spacial score (nSPS) is 21.3. The Morgan fingerprint density at radius 3 is 2.09 bits per heavy atom. The zero-order valence-corrected chi connectivity index (χ0v) is 25.7. The van der Waals surface area contributed by atoms with Crippen LogP contribution < -0.4 is 9.47 Å². The van der Waals surface area contributed by atoms with Gasteiger partial charge in [-0.3, -0.25) is 24.3 Å². The molecule has 2 N–H and O–H groups in total. The number of hydrogen-bond acceptors (Lipinski definition) is 13. The maximum absolute atomic E-state index is 12.2. The Bertz CT molecular complexity index is 1280. The van der Waals surface area contributed by atoms with E-state index < -0.39 is 54.6 Å². The van der Waals surface area contributed by atoms with Crippen molar-refractivity contribution < 1.29 is 57.4 Å². The lowest BCUT2D eigenvalue weighted by molar-refractivity contribution is -0.289. The first kappa shape index (κ1) is 34.3. The van der Waals surface area contributed by atoms with Gasteiger partial charge < -0.3 is 38.3 Å². The molecule has 1 aliphatic heterocycles. The maximum atomic E-state index is 12.2. The summed E-state index contributed by atoms with van der Waals surface area (Å²) >= 11 is 0. The monoisotopic (exact) mass is 620 g/mol. The topological polar surface area (TPSA) is 182 Å². The average molecular weight is 621 g/mol. The molecule has 1 saturated heterocycles. The number of hydrogen-bond donors (Lipinski definition) is 2. The number of carbonyl (C=O) groups excluding carboxylic acids is 4. The third-order valence-corrected chi connectivity index (χ3v) is 6.49. The van der Waals surface area contributed by atoms with Crippen LogP contribution >= 0.6 is 0 Å². The van der Waals surface area contributed by atoms with Gasteiger partial charge in [0, 0.05) is 58.4 Å². The summed E-state index contributed by atoms with van der Waals surface area (Å²) in [5, 5.41) is 16.3. The smallest absolute Gasteiger partial charge is 0.303 e. The fourth-order valence-electron chi connectivity index (χ4n) is 4.66. The van der Waals surface area contributed by atoms with E-state index in [2.05, 4.69) is 10.2 Å². The van der Waals surface area contributed by atoms with E-state index in [9.17, 15) is 19.2 Å². The van der Waals surface area contributed by atoms with E-state index in [1.165, 1.54) is 6.92 Å². The van der Waals surface area contributed by atoms with Crippen molar-refractivity contribution in [3.63, 3.8) is 0 Å². The minimum Gasteiger partial charge on any atom is -0.494 e. The lowest BCUT2D eigenvalue weighted by Crippen LogP contribution is -2.63. The van der Waals surface area contributed by atoms with Crippen molar-refractivity contribution >= 4 is 23.9 Å². The summed E-state index contributed by atoms with van der Waals surface area (Å²) in [6.07, 6.45) is -5.73. The van der Waals surface area contributed by atoms with Crippen LogP contribution in [-0.4, -0.2) is 89.7 Å². The highest BCUT2D eigenvalue weighted by atomic mass is 16.7. The van der Waals surface area contributed by atoms with Crippen LogP contribution in [0.15, 0.2) is 24.3 Å². The predicted octanol–water partition coefficient (Wildman–Crippen LogP) is 2.35. The molecule has 0 radical (unpaired) electrons. The van der Waals surface area contributed by atoms with Crippen LogP contribution in [0, 0.1) is 0 Å². The van der Waals surface area contributed by atoms with Crippen molar-refractivity contribution in [2.75, 3.05) is 19.8 Å². The first-order valence-corrected chi connectivity index (χ1v) is 14.3. The van der Waals surface area contributed by atoms with Crippen molar-refractivity contribution in [3.05, 3.63) is 41.1 Å². The molecule has 14 heteroatoms. The largest absolute Gasteiger partial charge is 0.494 e. The Kier molecular flexibility index (Phi) is 12.5. The van der Waals surface area contributed by atoms with Gasteiger partial charge in [0.25, 0.3) is 0 Å². The molecule has 0 aliphatic carbocycles.